The number of anilines is 1. The average molecular weight is 329 g/mol. The van der Waals surface area contributed by atoms with Gasteiger partial charge in [0.15, 0.2) is 0 Å². The van der Waals surface area contributed by atoms with Crippen molar-refractivity contribution in [3.8, 4) is 0 Å². The van der Waals surface area contributed by atoms with Gasteiger partial charge in [-0.2, -0.15) is 10.3 Å². The van der Waals surface area contributed by atoms with Gasteiger partial charge in [0.1, 0.15) is 11.3 Å². The monoisotopic (exact) mass is 329 g/mol. The van der Waals surface area contributed by atoms with E-state index < -0.39 is 0 Å². The van der Waals surface area contributed by atoms with E-state index in [0.29, 0.717) is 11.5 Å². The Morgan fingerprint density at radius 1 is 0.920 bits per heavy atom. The molecule has 2 aromatic carbocycles. The van der Waals surface area contributed by atoms with Crippen LogP contribution in [0.5, 0.6) is 0 Å². The molecule has 0 radical (unpaired) electrons. The van der Waals surface area contributed by atoms with Gasteiger partial charge in [-0.05, 0) is 35.6 Å². The molecule has 4 rings (SSSR count). The number of aryl methyl sites for hydroxylation is 1. The first-order valence-corrected chi connectivity index (χ1v) is 8.37. The van der Waals surface area contributed by atoms with Crippen molar-refractivity contribution in [3.05, 3.63) is 83.4 Å². The third-order valence-electron chi connectivity index (χ3n) is 4.48. The van der Waals surface area contributed by atoms with Gasteiger partial charge in [0.05, 0.1) is 0 Å². The van der Waals surface area contributed by atoms with Gasteiger partial charge in [-0.15, -0.1) is 5.10 Å². The van der Waals surface area contributed by atoms with E-state index in [2.05, 4.69) is 68.9 Å². The minimum atomic E-state index is 0.180. The van der Waals surface area contributed by atoms with Crippen LogP contribution in [-0.4, -0.2) is 20.4 Å². The van der Waals surface area contributed by atoms with Gasteiger partial charge < -0.3 is 5.73 Å². The Balaban J connectivity index is 1.76. The first kappa shape index (κ1) is 15.3. The molecule has 5 heteroatoms. The van der Waals surface area contributed by atoms with E-state index in [1.54, 1.807) is 0 Å². The number of hydrogen-bond donors (Lipinski definition) is 2. The van der Waals surface area contributed by atoms with Crippen molar-refractivity contribution in [3.63, 3.8) is 0 Å². The van der Waals surface area contributed by atoms with Crippen LogP contribution in [0, 0.1) is 0 Å². The number of nitrogens with one attached hydrogen (secondary N) is 1. The molecule has 4 aromatic rings. The normalized spacial score (nSPS) is 12.3. The molecule has 124 valence electrons. The van der Waals surface area contributed by atoms with Crippen molar-refractivity contribution < 1.29 is 0 Å². The second kappa shape index (κ2) is 6.73. The molecule has 0 fully saturated rings. The molecule has 0 aliphatic carbocycles. The van der Waals surface area contributed by atoms with Gasteiger partial charge in [0.25, 0.3) is 0 Å². The molecule has 0 bridgehead atoms. The van der Waals surface area contributed by atoms with Gasteiger partial charge in [0, 0.05) is 5.92 Å². The summed E-state index contributed by atoms with van der Waals surface area (Å²) in [6, 6.07) is 22.9. The van der Waals surface area contributed by atoms with Crippen molar-refractivity contribution in [2.24, 2.45) is 0 Å². The van der Waals surface area contributed by atoms with Crippen molar-refractivity contribution in [2.75, 3.05) is 5.73 Å². The van der Waals surface area contributed by atoms with Crippen LogP contribution >= 0.6 is 0 Å². The molecule has 3 N–H and O–H groups in total. The molecule has 2 heterocycles. The predicted octanol–water partition coefficient (Wildman–Crippen LogP) is 3.70. The highest BCUT2D eigenvalue weighted by atomic mass is 15.3. The fourth-order valence-corrected chi connectivity index (χ4v) is 3.29. The van der Waals surface area contributed by atoms with Gasteiger partial charge in [-0.3, -0.25) is 0 Å². The van der Waals surface area contributed by atoms with E-state index in [1.165, 1.54) is 11.1 Å². The number of pyridine rings is 1. The van der Waals surface area contributed by atoms with Crippen LogP contribution in [-0.2, 0) is 6.42 Å². The number of rotatable bonds is 5. The summed E-state index contributed by atoms with van der Waals surface area (Å²) >= 11 is 0. The third-order valence-corrected chi connectivity index (χ3v) is 4.48. The lowest BCUT2D eigenvalue weighted by atomic mass is 9.86. The molecule has 1 atom stereocenters. The Morgan fingerprint density at radius 3 is 2.40 bits per heavy atom. The zero-order valence-corrected chi connectivity index (χ0v) is 13.8. The molecule has 0 saturated carbocycles. The van der Waals surface area contributed by atoms with Crippen LogP contribution < -0.4 is 5.73 Å². The highest BCUT2D eigenvalue weighted by molar-refractivity contribution is 5.77. The van der Waals surface area contributed by atoms with Crippen LogP contribution in [0.15, 0.2) is 66.7 Å². The first-order chi connectivity index (χ1) is 12.3. The number of hydrogen-bond acceptors (Lipinski definition) is 4. The molecule has 2 aromatic heterocycles. The van der Waals surface area contributed by atoms with E-state index in [0.717, 1.165) is 23.9 Å². The van der Waals surface area contributed by atoms with Crippen LogP contribution in [0.3, 0.4) is 0 Å². The van der Waals surface area contributed by atoms with Crippen molar-refractivity contribution in [1.82, 2.24) is 20.4 Å². The van der Waals surface area contributed by atoms with Crippen LogP contribution in [0.4, 0.5) is 5.82 Å². The maximum atomic E-state index is 6.01. The maximum absolute atomic E-state index is 6.01. The third kappa shape index (κ3) is 3.21. The molecule has 0 spiro atoms. The topological polar surface area (TPSA) is 80.5 Å². The lowest BCUT2D eigenvalue weighted by Gasteiger charge is -2.18. The molecule has 0 aliphatic rings. The Hall–Kier alpha value is -3.21. The molecular weight excluding hydrogens is 310 g/mol. The minimum Gasteiger partial charge on any atom is -0.384 e. The number of nitrogens with zero attached hydrogens (tertiary/aromatic N) is 3. The number of fused-ring (bicyclic) bond motifs is 1. The van der Waals surface area contributed by atoms with Crippen LogP contribution in [0.2, 0.25) is 0 Å². The fourth-order valence-electron chi connectivity index (χ4n) is 3.29. The van der Waals surface area contributed by atoms with E-state index in [1.807, 2.05) is 18.2 Å². The fraction of sp³-hybridized carbons (Fsp3) is 0.150. The van der Waals surface area contributed by atoms with E-state index in [4.69, 9.17) is 5.73 Å². The number of H-pyrrole nitrogens is 1. The van der Waals surface area contributed by atoms with E-state index in [-0.39, 0.29) is 5.92 Å². The maximum Gasteiger partial charge on any atom is 0.203 e. The number of nitrogens with two attached hydrogens (primary N) is 1. The summed E-state index contributed by atoms with van der Waals surface area (Å²) in [4.78, 5) is 4.26. The smallest absolute Gasteiger partial charge is 0.203 e. The SMILES string of the molecule is Nc1cc(C(CCc2ccccc2)c2ccccc2)c2n[nH]nc2n1. The first-order valence-electron chi connectivity index (χ1n) is 8.37. The Labute approximate surface area is 145 Å². The molecule has 0 amide bonds. The van der Waals surface area contributed by atoms with E-state index in [9.17, 15) is 0 Å². The van der Waals surface area contributed by atoms with Gasteiger partial charge in [0.2, 0.25) is 5.65 Å². The standard InChI is InChI=1S/C20H19N5/c21-18-13-17(19-20(22-18)24-25-23-19)16(15-9-5-2-6-10-15)12-11-14-7-3-1-4-8-14/h1-10,13,16H,11-12H2,(H3,21,22,23,24,25). The summed E-state index contributed by atoms with van der Waals surface area (Å²) in [5, 5.41) is 11.1. The second-order valence-electron chi connectivity index (χ2n) is 6.12. The largest absolute Gasteiger partial charge is 0.384 e. The van der Waals surface area contributed by atoms with Crippen molar-refractivity contribution in [1.29, 1.82) is 0 Å². The lowest BCUT2D eigenvalue weighted by molar-refractivity contribution is 0.718. The summed E-state index contributed by atoms with van der Waals surface area (Å²) in [6.07, 6.45) is 1.93. The summed E-state index contributed by atoms with van der Waals surface area (Å²) in [5.41, 5.74) is 11.0. The Morgan fingerprint density at radius 2 is 1.64 bits per heavy atom. The second-order valence-corrected chi connectivity index (χ2v) is 6.12. The van der Waals surface area contributed by atoms with Gasteiger partial charge in [-0.25, -0.2) is 4.98 Å². The number of benzene rings is 2. The van der Waals surface area contributed by atoms with Crippen molar-refractivity contribution in [2.45, 2.75) is 18.8 Å². The summed E-state index contributed by atoms with van der Waals surface area (Å²) in [6.45, 7) is 0. The van der Waals surface area contributed by atoms with E-state index >= 15 is 0 Å². The number of nitrogen functional groups attached to an aromatic ring is 1. The van der Waals surface area contributed by atoms with Gasteiger partial charge >= 0.3 is 0 Å². The molecule has 0 saturated heterocycles. The zero-order chi connectivity index (χ0) is 17.1. The Kier molecular flexibility index (Phi) is 4.12. The zero-order valence-electron chi connectivity index (χ0n) is 13.8. The summed E-state index contributed by atoms with van der Waals surface area (Å²) in [7, 11) is 0. The van der Waals surface area contributed by atoms with Crippen LogP contribution in [0.1, 0.15) is 29.0 Å². The highest BCUT2D eigenvalue weighted by Gasteiger charge is 2.20. The number of aromatic amines is 1. The van der Waals surface area contributed by atoms with Crippen LogP contribution in [0.25, 0.3) is 11.2 Å². The quantitative estimate of drug-likeness (QED) is 0.585. The van der Waals surface area contributed by atoms with Gasteiger partial charge in [-0.1, -0.05) is 60.7 Å². The Bertz CT molecular complexity index is 963. The molecule has 1 unspecified atom stereocenters. The van der Waals surface area contributed by atoms with Crippen molar-refractivity contribution >= 4 is 17.0 Å². The minimum absolute atomic E-state index is 0.180. The predicted molar refractivity (Wildman–Crippen MR) is 99.1 cm³/mol. The summed E-state index contributed by atoms with van der Waals surface area (Å²) in [5.74, 6) is 0.649. The summed E-state index contributed by atoms with van der Waals surface area (Å²) < 4.78 is 0. The molecule has 0 aliphatic heterocycles. The average Bonchev–Trinajstić information content (AvgIpc) is 3.12. The highest BCUT2D eigenvalue weighted by Crippen LogP contribution is 2.33. The molecule has 25 heavy (non-hydrogen) atoms. The lowest BCUT2D eigenvalue weighted by Crippen LogP contribution is -2.06. The number of aromatic nitrogens is 4. The molecule has 5 nitrogen and oxygen atoms in total. The molecular formula is C20H19N5.